The van der Waals surface area contributed by atoms with Crippen LogP contribution >= 0.6 is 27.5 Å². The second-order valence-electron chi connectivity index (χ2n) is 3.18. The van der Waals surface area contributed by atoms with Crippen molar-refractivity contribution in [1.29, 1.82) is 5.26 Å². The molecule has 0 amide bonds. The molecule has 0 aliphatic carbocycles. The Hall–Kier alpha value is -0.980. The average molecular weight is 284 g/mol. The van der Waals surface area contributed by atoms with Gasteiger partial charge in [-0.15, -0.1) is 0 Å². The van der Waals surface area contributed by atoms with Crippen LogP contribution in [0.4, 0.5) is 0 Å². The Balaban J connectivity index is 2.93. The Morgan fingerprint density at radius 3 is 2.87 bits per heavy atom. The molecule has 4 heteroatoms. The largest absolute Gasteiger partial charge is 0.331 e. The van der Waals surface area contributed by atoms with Crippen LogP contribution < -0.4 is 0 Å². The van der Waals surface area contributed by atoms with Gasteiger partial charge in [0.15, 0.2) is 0 Å². The molecule has 0 atom stereocenters. The van der Waals surface area contributed by atoms with E-state index in [0.29, 0.717) is 10.7 Å². The molecule has 0 aliphatic heterocycles. The Morgan fingerprint density at radius 1 is 1.53 bits per heavy atom. The summed E-state index contributed by atoms with van der Waals surface area (Å²) in [5.41, 5.74) is 1.55. The predicted molar refractivity (Wildman–Crippen MR) is 65.0 cm³/mol. The van der Waals surface area contributed by atoms with E-state index in [2.05, 4.69) is 22.0 Å². The minimum Gasteiger partial charge on any atom is -0.331 e. The number of hydrogen-bond acceptors (Lipinski definition) is 1. The van der Waals surface area contributed by atoms with E-state index in [4.69, 9.17) is 16.9 Å². The predicted octanol–water partition coefficient (Wildman–Crippen LogP) is 3.95. The lowest BCUT2D eigenvalue weighted by molar-refractivity contribution is 0.797. The maximum atomic E-state index is 9.05. The molecule has 2 nitrogen and oxygen atoms in total. The average Bonchev–Trinajstić information content (AvgIpc) is 2.48. The molecule has 1 aromatic heterocycles. The highest BCUT2D eigenvalue weighted by Gasteiger charge is 2.14. The van der Waals surface area contributed by atoms with Gasteiger partial charge in [0, 0.05) is 16.4 Å². The first-order chi connectivity index (χ1) is 7.19. The Bertz CT molecular complexity index is 566. The topological polar surface area (TPSA) is 28.7 Å². The first-order valence-corrected chi connectivity index (χ1v) is 5.73. The summed E-state index contributed by atoms with van der Waals surface area (Å²) in [5, 5.41) is 10.5. The van der Waals surface area contributed by atoms with Gasteiger partial charge in [0.2, 0.25) is 0 Å². The van der Waals surface area contributed by atoms with Crippen molar-refractivity contribution < 1.29 is 0 Å². The van der Waals surface area contributed by atoms with E-state index in [1.165, 1.54) is 0 Å². The molecule has 0 saturated heterocycles. The Morgan fingerprint density at radius 2 is 2.27 bits per heavy atom. The number of nitriles is 1. The molecule has 1 heterocycles. The van der Waals surface area contributed by atoms with Crippen LogP contribution in [-0.2, 0) is 6.54 Å². The van der Waals surface area contributed by atoms with Gasteiger partial charge in [-0.25, -0.2) is 0 Å². The smallest absolute Gasteiger partial charge is 0.128 e. The molecule has 0 fully saturated rings. The number of aryl methyl sites for hydroxylation is 1. The molecular weight excluding hydrogens is 275 g/mol. The van der Waals surface area contributed by atoms with Crippen LogP contribution in [0.5, 0.6) is 0 Å². The maximum Gasteiger partial charge on any atom is 0.128 e. The Kier molecular flexibility index (Phi) is 2.72. The number of nitrogens with zero attached hydrogens (tertiary/aromatic N) is 2. The second-order valence-corrected chi connectivity index (χ2v) is 4.46. The molecule has 2 aromatic rings. The lowest BCUT2D eigenvalue weighted by Gasteiger charge is -2.01. The number of halogens is 2. The van der Waals surface area contributed by atoms with Crippen LogP contribution in [0.1, 0.15) is 12.5 Å². The molecule has 0 bridgehead atoms. The summed E-state index contributed by atoms with van der Waals surface area (Å²) < 4.78 is 2.89. The highest BCUT2D eigenvalue weighted by Crippen LogP contribution is 2.31. The van der Waals surface area contributed by atoms with E-state index in [-0.39, 0.29) is 0 Å². The van der Waals surface area contributed by atoms with Gasteiger partial charge in [-0.05, 0) is 25.1 Å². The van der Waals surface area contributed by atoms with Gasteiger partial charge in [-0.1, -0.05) is 27.5 Å². The Labute approximate surface area is 101 Å². The molecule has 15 heavy (non-hydrogen) atoms. The van der Waals surface area contributed by atoms with Gasteiger partial charge in [-0.2, -0.15) is 5.26 Å². The summed E-state index contributed by atoms with van der Waals surface area (Å²) in [7, 11) is 0. The van der Waals surface area contributed by atoms with Gasteiger partial charge in [-0.3, -0.25) is 0 Å². The van der Waals surface area contributed by atoms with Gasteiger partial charge in [0.1, 0.15) is 11.2 Å². The number of fused-ring (bicyclic) bond motifs is 1. The van der Waals surface area contributed by atoms with E-state index < -0.39 is 0 Å². The summed E-state index contributed by atoms with van der Waals surface area (Å²) in [4.78, 5) is 0. The summed E-state index contributed by atoms with van der Waals surface area (Å²) in [6.07, 6.45) is 0. The van der Waals surface area contributed by atoms with Crippen molar-refractivity contribution in [3.63, 3.8) is 0 Å². The normalized spacial score (nSPS) is 10.5. The van der Waals surface area contributed by atoms with Crippen molar-refractivity contribution in [1.82, 2.24) is 4.57 Å². The van der Waals surface area contributed by atoms with Crippen molar-refractivity contribution in [2.75, 3.05) is 0 Å². The number of benzene rings is 1. The van der Waals surface area contributed by atoms with E-state index in [9.17, 15) is 0 Å². The van der Waals surface area contributed by atoms with E-state index in [0.717, 1.165) is 21.9 Å². The minimum atomic E-state index is 0.521. The molecule has 0 radical (unpaired) electrons. The summed E-state index contributed by atoms with van der Waals surface area (Å²) in [6, 6.07) is 7.99. The first kappa shape index (κ1) is 10.5. The van der Waals surface area contributed by atoms with E-state index in [1.807, 2.05) is 29.7 Å². The molecule has 0 saturated carbocycles. The first-order valence-electron chi connectivity index (χ1n) is 4.56. The quantitative estimate of drug-likeness (QED) is 0.779. The van der Waals surface area contributed by atoms with Crippen molar-refractivity contribution in [2.45, 2.75) is 13.5 Å². The standard InChI is InChI=1S/C11H8BrClN2/c1-2-15-10-4-3-7(12)5-8(10)9(6-14)11(15)13/h3-5H,2H2,1H3. The summed E-state index contributed by atoms with van der Waals surface area (Å²) >= 11 is 9.52. The highest BCUT2D eigenvalue weighted by atomic mass is 79.9. The fraction of sp³-hybridized carbons (Fsp3) is 0.182. The molecule has 1 aromatic carbocycles. The summed E-state index contributed by atoms with van der Waals surface area (Å²) in [5.74, 6) is 0. The highest BCUT2D eigenvalue weighted by molar-refractivity contribution is 9.10. The molecular formula is C11H8BrClN2. The zero-order valence-corrected chi connectivity index (χ0v) is 10.4. The van der Waals surface area contributed by atoms with Gasteiger partial charge >= 0.3 is 0 Å². The third-order valence-electron chi connectivity index (χ3n) is 2.39. The monoisotopic (exact) mass is 282 g/mol. The molecule has 0 N–H and O–H groups in total. The fourth-order valence-corrected chi connectivity index (χ4v) is 2.43. The number of aromatic nitrogens is 1. The van der Waals surface area contributed by atoms with Gasteiger partial charge < -0.3 is 4.57 Å². The fourth-order valence-electron chi connectivity index (χ4n) is 1.71. The van der Waals surface area contributed by atoms with Crippen molar-refractivity contribution in [2.24, 2.45) is 0 Å². The third kappa shape index (κ3) is 1.54. The molecule has 0 aliphatic rings. The molecule has 76 valence electrons. The van der Waals surface area contributed by atoms with Gasteiger partial charge in [0.25, 0.3) is 0 Å². The van der Waals surface area contributed by atoms with Crippen LogP contribution in [0.15, 0.2) is 22.7 Å². The SMILES string of the molecule is CCn1c(Cl)c(C#N)c2cc(Br)ccc21. The van der Waals surface area contributed by atoms with E-state index >= 15 is 0 Å². The second kappa shape index (κ2) is 3.88. The third-order valence-corrected chi connectivity index (χ3v) is 3.28. The van der Waals surface area contributed by atoms with Crippen molar-refractivity contribution in [3.05, 3.63) is 33.4 Å². The molecule has 0 spiro atoms. The zero-order valence-electron chi connectivity index (χ0n) is 8.09. The summed E-state index contributed by atoms with van der Waals surface area (Å²) in [6.45, 7) is 2.77. The lowest BCUT2D eigenvalue weighted by Crippen LogP contribution is -1.92. The number of hydrogen-bond donors (Lipinski definition) is 0. The maximum absolute atomic E-state index is 9.05. The minimum absolute atomic E-state index is 0.521. The molecule has 2 rings (SSSR count). The van der Waals surface area contributed by atoms with Crippen LogP contribution in [-0.4, -0.2) is 4.57 Å². The lowest BCUT2D eigenvalue weighted by atomic mass is 10.2. The zero-order chi connectivity index (χ0) is 11.0. The van der Waals surface area contributed by atoms with Gasteiger partial charge in [0.05, 0.1) is 11.1 Å². The van der Waals surface area contributed by atoms with E-state index in [1.54, 1.807) is 0 Å². The number of rotatable bonds is 1. The van der Waals surface area contributed by atoms with Crippen molar-refractivity contribution >= 4 is 38.4 Å². The van der Waals surface area contributed by atoms with Crippen LogP contribution in [0.3, 0.4) is 0 Å². The molecule has 0 unspecified atom stereocenters. The van der Waals surface area contributed by atoms with Crippen LogP contribution in [0.25, 0.3) is 10.9 Å². The van der Waals surface area contributed by atoms with Crippen LogP contribution in [0, 0.1) is 11.3 Å². The van der Waals surface area contributed by atoms with Crippen molar-refractivity contribution in [3.8, 4) is 6.07 Å². The van der Waals surface area contributed by atoms with Crippen LogP contribution in [0.2, 0.25) is 5.15 Å².